The normalized spacial score (nSPS) is 11.5. The summed E-state index contributed by atoms with van der Waals surface area (Å²) in [6, 6.07) is 0. The smallest absolute Gasteiger partial charge is 0.323 e. The van der Waals surface area contributed by atoms with E-state index in [0.717, 1.165) is 25.7 Å². The van der Waals surface area contributed by atoms with E-state index in [4.69, 9.17) is 9.47 Å². The van der Waals surface area contributed by atoms with Crippen LogP contribution in [0.25, 0.3) is 0 Å². The van der Waals surface area contributed by atoms with Crippen molar-refractivity contribution in [1.82, 2.24) is 0 Å². The summed E-state index contributed by atoms with van der Waals surface area (Å²) in [6.07, 6.45) is 5.00. The first-order valence-electron chi connectivity index (χ1n) is 8.29. The van der Waals surface area contributed by atoms with Crippen LogP contribution in [0.15, 0.2) is 0 Å². The van der Waals surface area contributed by atoms with Crippen LogP contribution in [0.3, 0.4) is 0 Å². The lowest BCUT2D eigenvalue weighted by Gasteiger charge is -2.27. The summed E-state index contributed by atoms with van der Waals surface area (Å²) in [5, 5.41) is 0. The molecule has 4 heteroatoms. The molecule has 0 rings (SSSR count). The molecule has 0 atom stereocenters. The first kappa shape index (κ1) is 19.9. The summed E-state index contributed by atoms with van der Waals surface area (Å²) in [5.74, 6) is -0.622. The fourth-order valence-corrected chi connectivity index (χ4v) is 2.12. The zero-order valence-electron chi connectivity index (χ0n) is 14.4. The predicted molar refractivity (Wildman–Crippen MR) is 83.9 cm³/mol. The third kappa shape index (κ3) is 6.49. The van der Waals surface area contributed by atoms with Gasteiger partial charge in [-0.2, -0.15) is 0 Å². The van der Waals surface area contributed by atoms with Crippen LogP contribution in [0.4, 0.5) is 0 Å². The van der Waals surface area contributed by atoms with Gasteiger partial charge in [0.15, 0.2) is 5.41 Å². The minimum atomic E-state index is -1.14. The Morgan fingerprint density at radius 1 is 0.905 bits per heavy atom. The van der Waals surface area contributed by atoms with Crippen LogP contribution >= 0.6 is 0 Å². The molecular formula is C17H32O4. The molecule has 0 saturated carbocycles. The molecule has 0 amide bonds. The number of esters is 2. The topological polar surface area (TPSA) is 52.6 Å². The van der Waals surface area contributed by atoms with Crippen molar-refractivity contribution in [3.8, 4) is 0 Å². The second kappa shape index (κ2) is 10.6. The van der Waals surface area contributed by atoms with Crippen molar-refractivity contribution in [1.29, 1.82) is 0 Å². The molecule has 124 valence electrons. The Balaban J connectivity index is 4.54. The van der Waals surface area contributed by atoms with Crippen LogP contribution in [-0.4, -0.2) is 25.2 Å². The Hall–Kier alpha value is -1.06. The average molecular weight is 300 g/mol. The summed E-state index contributed by atoms with van der Waals surface area (Å²) >= 11 is 0. The first-order valence-corrected chi connectivity index (χ1v) is 8.29. The lowest BCUT2D eigenvalue weighted by Crippen LogP contribution is -2.41. The van der Waals surface area contributed by atoms with Crippen molar-refractivity contribution in [3.05, 3.63) is 0 Å². The number of carbonyl (C=O) groups is 2. The molecule has 4 nitrogen and oxygen atoms in total. The van der Waals surface area contributed by atoms with E-state index in [9.17, 15) is 9.59 Å². The summed E-state index contributed by atoms with van der Waals surface area (Å²) in [4.78, 5) is 24.6. The monoisotopic (exact) mass is 300 g/mol. The molecule has 0 aliphatic heterocycles. The summed E-state index contributed by atoms with van der Waals surface area (Å²) < 4.78 is 10.6. The van der Waals surface area contributed by atoms with Crippen LogP contribution in [0, 0.1) is 11.3 Å². The molecule has 0 fully saturated rings. The average Bonchev–Trinajstić information content (AvgIpc) is 2.46. The molecule has 0 heterocycles. The van der Waals surface area contributed by atoms with E-state index in [1.165, 1.54) is 0 Å². The molecule has 0 aromatic carbocycles. The largest absolute Gasteiger partial charge is 0.465 e. The lowest BCUT2D eigenvalue weighted by molar-refractivity contribution is -0.174. The molecule has 0 aliphatic rings. The number of ether oxygens (including phenoxy) is 2. The zero-order valence-corrected chi connectivity index (χ0v) is 14.4. The van der Waals surface area contributed by atoms with Gasteiger partial charge in [-0.05, 0) is 25.2 Å². The van der Waals surface area contributed by atoms with E-state index < -0.39 is 17.4 Å². The van der Waals surface area contributed by atoms with Gasteiger partial charge in [0, 0.05) is 0 Å². The van der Waals surface area contributed by atoms with Crippen LogP contribution in [-0.2, 0) is 19.1 Å². The van der Waals surface area contributed by atoms with E-state index in [-0.39, 0.29) is 5.92 Å². The molecule has 0 radical (unpaired) electrons. The Morgan fingerprint density at radius 3 is 1.95 bits per heavy atom. The first-order chi connectivity index (χ1) is 9.94. The van der Waals surface area contributed by atoms with Crippen molar-refractivity contribution >= 4 is 11.9 Å². The third-order valence-electron chi connectivity index (χ3n) is 3.77. The third-order valence-corrected chi connectivity index (χ3v) is 3.77. The maximum atomic E-state index is 12.3. The Morgan fingerprint density at radius 2 is 1.48 bits per heavy atom. The molecular weight excluding hydrogens is 268 g/mol. The van der Waals surface area contributed by atoms with E-state index in [0.29, 0.717) is 26.1 Å². The van der Waals surface area contributed by atoms with Crippen LogP contribution < -0.4 is 0 Å². The molecule has 0 unspecified atom stereocenters. The van der Waals surface area contributed by atoms with Crippen molar-refractivity contribution in [2.24, 2.45) is 11.3 Å². The van der Waals surface area contributed by atoms with Gasteiger partial charge in [-0.3, -0.25) is 9.59 Å². The number of carbonyl (C=O) groups excluding carboxylic acids is 2. The van der Waals surface area contributed by atoms with Gasteiger partial charge in [-0.15, -0.1) is 0 Å². The maximum absolute atomic E-state index is 12.3. The van der Waals surface area contributed by atoms with E-state index in [1.54, 1.807) is 0 Å². The molecule has 0 bridgehead atoms. The van der Waals surface area contributed by atoms with Gasteiger partial charge in [0.05, 0.1) is 13.2 Å². The van der Waals surface area contributed by atoms with Gasteiger partial charge >= 0.3 is 11.9 Å². The highest BCUT2D eigenvalue weighted by Gasteiger charge is 2.45. The quantitative estimate of drug-likeness (QED) is 0.327. The molecule has 0 N–H and O–H groups in total. The van der Waals surface area contributed by atoms with Gasteiger partial charge in [0.25, 0.3) is 0 Å². The molecule has 0 aromatic rings. The van der Waals surface area contributed by atoms with E-state index in [2.05, 4.69) is 6.92 Å². The minimum absolute atomic E-state index is 0.255. The lowest BCUT2D eigenvalue weighted by atomic mass is 9.82. The standard InChI is InChI=1S/C17H32O4/c1-6-9-10-11-12-20-15(18)17(7-2,8-3)16(19)21-13-14(4)5/h14H,6-13H2,1-5H3. The molecule has 0 aromatic heterocycles. The molecule has 0 aliphatic carbocycles. The van der Waals surface area contributed by atoms with Gasteiger partial charge in [0.1, 0.15) is 0 Å². The van der Waals surface area contributed by atoms with Gasteiger partial charge in [-0.1, -0.05) is 53.9 Å². The van der Waals surface area contributed by atoms with Crippen LogP contribution in [0.5, 0.6) is 0 Å². The minimum Gasteiger partial charge on any atom is -0.465 e. The van der Waals surface area contributed by atoms with Crippen molar-refractivity contribution in [2.45, 2.75) is 73.1 Å². The summed E-state index contributed by atoms with van der Waals surface area (Å²) in [7, 11) is 0. The second-order valence-electron chi connectivity index (χ2n) is 5.98. The number of unbranched alkanes of at least 4 members (excludes halogenated alkanes) is 3. The van der Waals surface area contributed by atoms with Gasteiger partial charge in [0.2, 0.25) is 0 Å². The van der Waals surface area contributed by atoms with E-state index in [1.807, 2.05) is 27.7 Å². The highest BCUT2D eigenvalue weighted by atomic mass is 16.6. The Bertz CT molecular complexity index is 306. The fourth-order valence-electron chi connectivity index (χ4n) is 2.12. The Labute approximate surface area is 129 Å². The van der Waals surface area contributed by atoms with Crippen LogP contribution in [0.2, 0.25) is 0 Å². The predicted octanol–water partition coefficient (Wildman–Crippen LogP) is 4.12. The molecule has 0 saturated heterocycles. The fraction of sp³-hybridized carbons (Fsp3) is 0.882. The highest BCUT2D eigenvalue weighted by molar-refractivity contribution is 5.99. The van der Waals surface area contributed by atoms with E-state index >= 15 is 0 Å². The molecule has 21 heavy (non-hydrogen) atoms. The van der Waals surface area contributed by atoms with Crippen molar-refractivity contribution in [3.63, 3.8) is 0 Å². The number of hydrogen-bond acceptors (Lipinski definition) is 4. The van der Waals surface area contributed by atoms with Crippen LogP contribution in [0.1, 0.15) is 73.1 Å². The van der Waals surface area contributed by atoms with Gasteiger partial charge < -0.3 is 9.47 Å². The summed E-state index contributed by atoms with van der Waals surface area (Å²) in [5.41, 5.74) is -1.14. The number of rotatable bonds is 11. The number of hydrogen-bond donors (Lipinski definition) is 0. The van der Waals surface area contributed by atoms with Crippen molar-refractivity contribution in [2.75, 3.05) is 13.2 Å². The maximum Gasteiger partial charge on any atom is 0.323 e. The SMILES string of the molecule is CCCCCCOC(=O)C(CC)(CC)C(=O)OCC(C)C. The highest BCUT2D eigenvalue weighted by Crippen LogP contribution is 2.30. The molecule has 0 spiro atoms. The Kier molecular flexibility index (Phi) is 10.1. The van der Waals surface area contributed by atoms with Gasteiger partial charge in [-0.25, -0.2) is 0 Å². The summed E-state index contributed by atoms with van der Waals surface area (Å²) in [6.45, 7) is 10.5. The van der Waals surface area contributed by atoms with Crippen molar-refractivity contribution < 1.29 is 19.1 Å². The second-order valence-corrected chi connectivity index (χ2v) is 5.98. The zero-order chi connectivity index (χ0) is 16.3.